The molecule has 2 atom stereocenters. The molecule has 1 aromatic carbocycles. The lowest BCUT2D eigenvalue weighted by atomic mass is 10.3. The minimum atomic E-state index is -0.197. The molecule has 19 heavy (non-hydrogen) atoms. The Kier molecular flexibility index (Phi) is 3.66. The predicted octanol–water partition coefficient (Wildman–Crippen LogP) is 2.97. The van der Waals surface area contributed by atoms with Gasteiger partial charge in [-0.3, -0.25) is 0 Å². The summed E-state index contributed by atoms with van der Waals surface area (Å²) in [5, 5.41) is 11.0. The van der Waals surface area contributed by atoms with Crippen LogP contribution < -0.4 is 4.74 Å². The van der Waals surface area contributed by atoms with Gasteiger partial charge in [0.25, 0.3) is 0 Å². The van der Waals surface area contributed by atoms with E-state index in [1.54, 1.807) is 11.8 Å². The topological polar surface area (TPSA) is 58.1 Å². The van der Waals surface area contributed by atoms with E-state index in [2.05, 4.69) is 9.97 Å². The average molecular weight is 278 g/mol. The summed E-state index contributed by atoms with van der Waals surface area (Å²) >= 11 is 1.65. The number of nitrogens with zero attached hydrogens (tertiary/aromatic N) is 1. The van der Waals surface area contributed by atoms with Crippen LogP contribution in [0.2, 0.25) is 0 Å². The Morgan fingerprint density at radius 1 is 1.47 bits per heavy atom. The van der Waals surface area contributed by atoms with E-state index in [0.29, 0.717) is 6.61 Å². The van der Waals surface area contributed by atoms with Crippen LogP contribution in [0, 0.1) is 0 Å². The van der Waals surface area contributed by atoms with E-state index < -0.39 is 0 Å². The molecule has 1 heterocycles. The van der Waals surface area contributed by atoms with Crippen LogP contribution in [0.25, 0.3) is 11.0 Å². The van der Waals surface area contributed by atoms with Crippen molar-refractivity contribution in [1.82, 2.24) is 9.97 Å². The Morgan fingerprint density at radius 2 is 2.37 bits per heavy atom. The Hall–Kier alpha value is -1.20. The van der Waals surface area contributed by atoms with Crippen LogP contribution in [-0.4, -0.2) is 33.0 Å². The number of hydrogen-bond donors (Lipinski definition) is 2. The lowest BCUT2D eigenvalue weighted by Gasteiger charge is -2.11. The molecule has 0 unspecified atom stereocenters. The molecule has 2 N–H and O–H groups in total. The van der Waals surface area contributed by atoms with Crippen LogP contribution in [0.5, 0.6) is 5.75 Å². The van der Waals surface area contributed by atoms with E-state index >= 15 is 0 Å². The number of aromatic amines is 1. The SMILES string of the molecule is CCOc1ccc2nc(S[C@H]3CCC[C@@H]3O)[nH]c2c1. The fourth-order valence-electron chi connectivity index (χ4n) is 2.46. The minimum Gasteiger partial charge on any atom is -0.494 e. The van der Waals surface area contributed by atoms with Crippen molar-refractivity contribution < 1.29 is 9.84 Å². The van der Waals surface area contributed by atoms with Gasteiger partial charge in [-0.1, -0.05) is 11.8 Å². The number of benzene rings is 1. The summed E-state index contributed by atoms with van der Waals surface area (Å²) < 4.78 is 5.48. The molecule has 0 aliphatic heterocycles. The number of nitrogens with one attached hydrogen (secondary N) is 1. The molecule has 1 saturated carbocycles. The molecular formula is C14H18N2O2S. The summed E-state index contributed by atoms with van der Waals surface area (Å²) in [4.78, 5) is 7.86. The summed E-state index contributed by atoms with van der Waals surface area (Å²) in [5.74, 6) is 0.858. The first kappa shape index (κ1) is 12.8. The maximum Gasteiger partial charge on any atom is 0.166 e. The second-order valence-electron chi connectivity index (χ2n) is 4.81. The Balaban J connectivity index is 1.80. The van der Waals surface area contributed by atoms with Crippen molar-refractivity contribution >= 4 is 22.8 Å². The Morgan fingerprint density at radius 3 is 3.11 bits per heavy atom. The van der Waals surface area contributed by atoms with Gasteiger partial charge in [-0.2, -0.15) is 0 Å². The quantitative estimate of drug-likeness (QED) is 0.902. The molecule has 0 bridgehead atoms. The van der Waals surface area contributed by atoms with E-state index in [1.165, 1.54) is 0 Å². The largest absolute Gasteiger partial charge is 0.494 e. The van der Waals surface area contributed by atoms with Crippen molar-refractivity contribution in [2.75, 3.05) is 6.61 Å². The van der Waals surface area contributed by atoms with E-state index in [0.717, 1.165) is 41.2 Å². The zero-order chi connectivity index (χ0) is 13.2. The third-order valence-electron chi connectivity index (χ3n) is 3.42. The van der Waals surface area contributed by atoms with Gasteiger partial charge in [0.15, 0.2) is 5.16 Å². The summed E-state index contributed by atoms with van der Waals surface area (Å²) in [6, 6.07) is 5.87. The molecule has 102 valence electrons. The number of aliphatic hydroxyl groups is 1. The van der Waals surface area contributed by atoms with Crippen molar-refractivity contribution in [1.29, 1.82) is 0 Å². The fraction of sp³-hybridized carbons (Fsp3) is 0.500. The number of H-pyrrole nitrogens is 1. The molecule has 1 aromatic heterocycles. The van der Waals surface area contributed by atoms with Gasteiger partial charge < -0.3 is 14.8 Å². The molecule has 1 aliphatic rings. The van der Waals surface area contributed by atoms with Crippen LogP contribution in [-0.2, 0) is 0 Å². The highest BCUT2D eigenvalue weighted by Gasteiger charge is 2.27. The highest BCUT2D eigenvalue weighted by Crippen LogP contribution is 2.34. The van der Waals surface area contributed by atoms with Crippen LogP contribution in [0.3, 0.4) is 0 Å². The van der Waals surface area contributed by atoms with E-state index in [1.807, 2.05) is 25.1 Å². The molecule has 0 spiro atoms. The van der Waals surface area contributed by atoms with Crippen LogP contribution in [0.4, 0.5) is 0 Å². The first-order chi connectivity index (χ1) is 9.26. The minimum absolute atomic E-state index is 0.197. The predicted molar refractivity (Wildman–Crippen MR) is 76.8 cm³/mol. The molecule has 3 rings (SSSR count). The molecule has 2 aromatic rings. The van der Waals surface area contributed by atoms with Crippen LogP contribution in [0.15, 0.2) is 23.4 Å². The zero-order valence-electron chi connectivity index (χ0n) is 10.9. The van der Waals surface area contributed by atoms with E-state index in [9.17, 15) is 5.11 Å². The third-order valence-corrected chi connectivity index (χ3v) is 4.69. The van der Waals surface area contributed by atoms with Gasteiger partial charge in [-0.05, 0) is 38.3 Å². The smallest absolute Gasteiger partial charge is 0.166 e. The molecule has 0 radical (unpaired) electrons. The first-order valence-corrected chi connectivity index (χ1v) is 7.61. The molecule has 1 fully saturated rings. The second kappa shape index (κ2) is 5.43. The van der Waals surface area contributed by atoms with Gasteiger partial charge in [-0.15, -0.1) is 0 Å². The van der Waals surface area contributed by atoms with Crippen LogP contribution in [0.1, 0.15) is 26.2 Å². The summed E-state index contributed by atoms with van der Waals surface area (Å²) in [7, 11) is 0. The summed E-state index contributed by atoms with van der Waals surface area (Å²) in [6.45, 7) is 2.63. The van der Waals surface area contributed by atoms with E-state index in [4.69, 9.17) is 4.74 Å². The van der Waals surface area contributed by atoms with Crippen molar-refractivity contribution in [3.05, 3.63) is 18.2 Å². The second-order valence-corrected chi connectivity index (χ2v) is 6.04. The molecule has 4 nitrogen and oxygen atoms in total. The lowest BCUT2D eigenvalue weighted by molar-refractivity contribution is 0.188. The number of rotatable bonds is 4. The van der Waals surface area contributed by atoms with Gasteiger partial charge in [-0.25, -0.2) is 4.98 Å². The lowest BCUT2D eigenvalue weighted by Crippen LogP contribution is -2.15. The number of ether oxygens (including phenoxy) is 1. The maximum atomic E-state index is 9.86. The first-order valence-electron chi connectivity index (χ1n) is 6.73. The number of hydrogen-bond acceptors (Lipinski definition) is 4. The van der Waals surface area contributed by atoms with Crippen molar-refractivity contribution in [3.63, 3.8) is 0 Å². The normalized spacial score (nSPS) is 23.1. The van der Waals surface area contributed by atoms with Crippen LogP contribution >= 0.6 is 11.8 Å². The summed E-state index contributed by atoms with van der Waals surface area (Å²) in [5.41, 5.74) is 1.93. The Labute approximate surface area is 116 Å². The maximum absolute atomic E-state index is 9.86. The van der Waals surface area contributed by atoms with Gasteiger partial charge in [0.1, 0.15) is 5.75 Å². The fourth-order valence-corrected chi connectivity index (χ4v) is 3.65. The Bertz CT molecular complexity index is 570. The molecule has 5 heteroatoms. The van der Waals surface area contributed by atoms with Gasteiger partial charge in [0.2, 0.25) is 0 Å². The molecule has 0 saturated heterocycles. The number of aliphatic hydroxyl groups excluding tert-OH is 1. The standard InChI is InChI=1S/C14H18N2O2S/c1-2-18-9-6-7-10-11(8-9)16-14(15-10)19-13-5-3-4-12(13)17/h6-8,12-13,17H,2-5H2,1H3,(H,15,16)/t12-,13-/m0/s1. The third kappa shape index (κ3) is 2.72. The van der Waals surface area contributed by atoms with Crippen molar-refractivity contribution in [2.45, 2.75) is 42.7 Å². The zero-order valence-corrected chi connectivity index (χ0v) is 11.7. The summed E-state index contributed by atoms with van der Waals surface area (Å²) in [6.07, 6.45) is 2.88. The van der Waals surface area contributed by atoms with E-state index in [-0.39, 0.29) is 11.4 Å². The number of imidazole rings is 1. The molecular weight excluding hydrogens is 260 g/mol. The highest BCUT2D eigenvalue weighted by molar-refractivity contribution is 7.99. The molecule has 0 amide bonds. The monoisotopic (exact) mass is 278 g/mol. The number of fused-ring (bicyclic) bond motifs is 1. The van der Waals surface area contributed by atoms with Crippen molar-refractivity contribution in [3.8, 4) is 5.75 Å². The number of aromatic nitrogens is 2. The van der Waals surface area contributed by atoms with Gasteiger partial charge in [0.05, 0.1) is 23.7 Å². The molecule has 1 aliphatic carbocycles. The van der Waals surface area contributed by atoms with Crippen molar-refractivity contribution in [2.24, 2.45) is 0 Å². The van der Waals surface area contributed by atoms with Gasteiger partial charge in [0, 0.05) is 11.3 Å². The van der Waals surface area contributed by atoms with Gasteiger partial charge >= 0.3 is 0 Å². The average Bonchev–Trinajstić information content (AvgIpc) is 2.96. The highest BCUT2D eigenvalue weighted by atomic mass is 32.2. The number of thioether (sulfide) groups is 1.